The fourth-order valence-corrected chi connectivity index (χ4v) is 1.98. The Balaban J connectivity index is 2.33. The summed E-state index contributed by atoms with van der Waals surface area (Å²) < 4.78 is 5.19. The van der Waals surface area contributed by atoms with Crippen molar-refractivity contribution in [3.05, 3.63) is 41.2 Å². The molecule has 0 unspecified atom stereocenters. The maximum absolute atomic E-state index is 5.71. The van der Waals surface area contributed by atoms with Crippen LogP contribution in [0.25, 0.3) is 11.3 Å². The number of rotatable bonds is 4. The van der Waals surface area contributed by atoms with E-state index in [-0.39, 0.29) is 0 Å². The minimum atomic E-state index is 0.460. The molecule has 0 aliphatic carbocycles. The lowest BCUT2D eigenvalue weighted by molar-refractivity contribution is 0.398. The van der Waals surface area contributed by atoms with Crippen molar-refractivity contribution in [2.75, 3.05) is 0 Å². The van der Waals surface area contributed by atoms with Crippen molar-refractivity contribution in [3.8, 4) is 11.3 Å². The number of aryl methyl sites for hydroxylation is 2. The predicted molar refractivity (Wildman–Crippen MR) is 68.6 cm³/mol. The zero-order valence-corrected chi connectivity index (χ0v) is 10.4. The first kappa shape index (κ1) is 11.9. The Morgan fingerprint density at radius 2 is 1.94 bits per heavy atom. The number of hydrogen-bond acceptors (Lipinski definition) is 3. The van der Waals surface area contributed by atoms with Crippen LogP contribution < -0.4 is 5.73 Å². The largest absolute Gasteiger partial charge is 0.361 e. The second-order valence-corrected chi connectivity index (χ2v) is 4.22. The number of nitrogens with zero attached hydrogens (tertiary/aromatic N) is 1. The average Bonchev–Trinajstić information content (AvgIpc) is 2.72. The molecule has 0 radical (unpaired) electrons. The lowest BCUT2D eigenvalue weighted by Crippen LogP contribution is -1.98. The lowest BCUT2D eigenvalue weighted by Gasteiger charge is -2.02. The molecule has 0 bridgehead atoms. The summed E-state index contributed by atoms with van der Waals surface area (Å²) in [5.74, 6) is 0.806. The molecule has 2 aromatic rings. The normalized spacial score (nSPS) is 10.8. The first-order valence-electron chi connectivity index (χ1n) is 6.00. The van der Waals surface area contributed by atoms with E-state index in [0.717, 1.165) is 35.4 Å². The van der Waals surface area contributed by atoms with E-state index >= 15 is 0 Å². The molecule has 0 spiro atoms. The van der Waals surface area contributed by atoms with Crippen LogP contribution in [-0.2, 0) is 13.0 Å². The summed E-state index contributed by atoms with van der Waals surface area (Å²) in [6, 6.07) is 8.45. The van der Waals surface area contributed by atoms with E-state index in [1.807, 2.05) is 6.92 Å². The van der Waals surface area contributed by atoms with E-state index in [9.17, 15) is 0 Å². The van der Waals surface area contributed by atoms with E-state index in [1.54, 1.807) is 0 Å². The third-order valence-corrected chi connectivity index (χ3v) is 2.95. The monoisotopic (exact) mass is 230 g/mol. The third-order valence-electron chi connectivity index (χ3n) is 2.95. The summed E-state index contributed by atoms with van der Waals surface area (Å²) in [6.07, 6.45) is 2.28. The molecule has 0 saturated carbocycles. The molecule has 3 nitrogen and oxygen atoms in total. The molecule has 0 saturated heterocycles. The smallest absolute Gasteiger partial charge is 0.138 e. The first-order valence-corrected chi connectivity index (χ1v) is 6.00. The summed E-state index contributed by atoms with van der Waals surface area (Å²) in [4.78, 5) is 0. The Bertz CT molecular complexity index is 485. The predicted octanol–water partition coefficient (Wildman–Crippen LogP) is 3.06. The highest BCUT2D eigenvalue weighted by Gasteiger charge is 2.12. The topological polar surface area (TPSA) is 52.0 Å². The van der Waals surface area contributed by atoms with Gasteiger partial charge in [0.2, 0.25) is 0 Å². The molecule has 0 fully saturated rings. The minimum absolute atomic E-state index is 0.460. The van der Waals surface area contributed by atoms with Crippen molar-refractivity contribution in [1.82, 2.24) is 5.16 Å². The second-order valence-electron chi connectivity index (χ2n) is 4.22. The van der Waals surface area contributed by atoms with Gasteiger partial charge in [-0.2, -0.15) is 0 Å². The summed E-state index contributed by atoms with van der Waals surface area (Å²) in [5.41, 5.74) is 10.00. The molecule has 1 aromatic carbocycles. The van der Waals surface area contributed by atoms with Crippen molar-refractivity contribution >= 4 is 0 Å². The maximum atomic E-state index is 5.71. The summed E-state index contributed by atoms with van der Waals surface area (Å²) in [7, 11) is 0. The molecule has 1 aromatic heterocycles. The molecule has 0 aliphatic heterocycles. The number of hydrogen-bond donors (Lipinski definition) is 1. The molecule has 0 atom stereocenters. The molecular weight excluding hydrogens is 212 g/mol. The molecule has 2 N–H and O–H groups in total. The SMILES string of the molecule is CCCc1ccc(-c2noc(C)c2CN)cc1. The van der Waals surface area contributed by atoms with E-state index in [1.165, 1.54) is 5.56 Å². The van der Waals surface area contributed by atoms with Crippen LogP contribution in [0.15, 0.2) is 28.8 Å². The second kappa shape index (κ2) is 5.15. The Labute approximate surface area is 102 Å². The highest BCUT2D eigenvalue weighted by molar-refractivity contribution is 5.63. The van der Waals surface area contributed by atoms with Crippen LogP contribution in [-0.4, -0.2) is 5.16 Å². The van der Waals surface area contributed by atoms with E-state index in [0.29, 0.717) is 6.54 Å². The molecule has 17 heavy (non-hydrogen) atoms. The van der Waals surface area contributed by atoms with Crippen molar-refractivity contribution in [2.24, 2.45) is 5.73 Å². The van der Waals surface area contributed by atoms with Gasteiger partial charge in [0.1, 0.15) is 11.5 Å². The Morgan fingerprint density at radius 3 is 2.53 bits per heavy atom. The van der Waals surface area contributed by atoms with Crippen molar-refractivity contribution in [2.45, 2.75) is 33.2 Å². The van der Waals surface area contributed by atoms with Crippen molar-refractivity contribution in [1.29, 1.82) is 0 Å². The summed E-state index contributed by atoms with van der Waals surface area (Å²) >= 11 is 0. The quantitative estimate of drug-likeness (QED) is 0.878. The van der Waals surface area contributed by atoms with Gasteiger partial charge < -0.3 is 10.3 Å². The lowest BCUT2D eigenvalue weighted by atomic mass is 10.0. The van der Waals surface area contributed by atoms with Crippen LogP contribution in [0.1, 0.15) is 30.2 Å². The van der Waals surface area contributed by atoms with Gasteiger partial charge in [-0.25, -0.2) is 0 Å². The number of nitrogens with two attached hydrogens (primary N) is 1. The third kappa shape index (κ3) is 2.39. The molecule has 0 aliphatic rings. The van der Waals surface area contributed by atoms with Gasteiger partial charge in [-0.1, -0.05) is 42.8 Å². The fraction of sp³-hybridized carbons (Fsp3) is 0.357. The van der Waals surface area contributed by atoms with Gasteiger partial charge in [0.05, 0.1) is 0 Å². The zero-order chi connectivity index (χ0) is 12.3. The van der Waals surface area contributed by atoms with Crippen molar-refractivity contribution in [3.63, 3.8) is 0 Å². The van der Waals surface area contributed by atoms with Gasteiger partial charge >= 0.3 is 0 Å². The summed E-state index contributed by atoms with van der Waals surface area (Å²) in [6.45, 7) is 4.53. The standard InChI is InChI=1S/C14H18N2O/c1-3-4-11-5-7-12(8-6-11)14-13(9-15)10(2)17-16-14/h5-8H,3-4,9,15H2,1-2H3. The molecule has 1 heterocycles. The van der Waals surface area contributed by atoms with Crippen LogP contribution in [0.5, 0.6) is 0 Å². The Kier molecular flexibility index (Phi) is 3.59. The van der Waals surface area contributed by atoms with Gasteiger partial charge in [-0.15, -0.1) is 0 Å². The van der Waals surface area contributed by atoms with Gasteiger partial charge in [0.15, 0.2) is 0 Å². The highest BCUT2D eigenvalue weighted by Crippen LogP contribution is 2.25. The van der Waals surface area contributed by atoms with E-state index in [2.05, 4.69) is 36.3 Å². The molecule has 3 heteroatoms. The fourth-order valence-electron chi connectivity index (χ4n) is 1.98. The Morgan fingerprint density at radius 1 is 1.24 bits per heavy atom. The highest BCUT2D eigenvalue weighted by atomic mass is 16.5. The van der Waals surface area contributed by atoms with Crippen molar-refractivity contribution < 1.29 is 4.52 Å². The number of benzene rings is 1. The first-order chi connectivity index (χ1) is 8.26. The molecule has 2 rings (SSSR count). The zero-order valence-electron chi connectivity index (χ0n) is 10.4. The summed E-state index contributed by atoms with van der Waals surface area (Å²) in [5, 5.41) is 4.08. The van der Waals surface area contributed by atoms with Crippen LogP contribution in [0, 0.1) is 6.92 Å². The van der Waals surface area contributed by atoms with Crippen LogP contribution in [0.2, 0.25) is 0 Å². The van der Waals surface area contributed by atoms with Gasteiger partial charge in [-0.3, -0.25) is 0 Å². The average molecular weight is 230 g/mol. The van der Waals surface area contributed by atoms with Crippen LogP contribution in [0.4, 0.5) is 0 Å². The van der Waals surface area contributed by atoms with Gasteiger partial charge in [-0.05, 0) is 18.9 Å². The van der Waals surface area contributed by atoms with Gasteiger partial charge in [0.25, 0.3) is 0 Å². The molecule has 0 amide bonds. The van der Waals surface area contributed by atoms with Crippen LogP contribution >= 0.6 is 0 Å². The minimum Gasteiger partial charge on any atom is -0.361 e. The van der Waals surface area contributed by atoms with Crippen LogP contribution in [0.3, 0.4) is 0 Å². The number of aromatic nitrogens is 1. The maximum Gasteiger partial charge on any atom is 0.138 e. The molecular formula is C14H18N2O. The van der Waals surface area contributed by atoms with E-state index in [4.69, 9.17) is 10.3 Å². The Hall–Kier alpha value is -1.61. The van der Waals surface area contributed by atoms with E-state index < -0.39 is 0 Å². The molecule has 90 valence electrons. The van der Waals surface area contributed by atoms with Gasteiger partial charge in [0, 0.05) is 17.7 Å².